The van der Waals surface area contributed by atoms with E-state index in [4.69, 9.17) is 13.9 Å². The topological polar surface area (TPSA) is 105 Å². The number of nitro groups is 1. The van der Waals surface area contributed by atoms with E-state index >= 15 is 0 Å². The van der Waals surface area contributed by atoms with Crippen molar-refractivity contribution in [2.75, 3.05) is 7.11 Å². The zero-order valence-corrected chi connectivity index (χ0v) is 12.6. The van der Waals surface area contributed by atoms with Gasteiger partial charge in [0, 0.05) is 12.1 Å². The summed E-state index contributed by atoms with van der Waals surface area (Å²) >= 11 is 0. The minimum atomic E-state index is -0.766. The number of ether oxygens (including phenoxy) is 2. The molecule has 0 aliphatic heterocycles. The number of para-hydroxylation sites is 2. The lowest BCUT2D eigenvalue weighted by Crippen LogP contribution is -2.08. The molecule has 3 aromatic rings. The molecule has 0 N–H and O–H groups in total. The van der Waals surface area contributed by atoms with Gasteiger partial charge in [-0.2, -0.15) is 0 Å². The molecule has 0 bridgehead atoms. The minimum Gasteiger partial charge on any atom is -0.496 e. The van der Waals surface area contributed by atoms with Gasteiger partial charge in [-0.1, -0.05) is 12.1 Å². The van der Waals surface area contributed by atoms with E-state index in [9.17, 15) is 14.9 Å². The number of rotatable bonds is 5. The molecule has 0 amide bonds. The van der Waals surface area contributed by atoms with E-state index in [1.54, 1.807) is 18.2 Å². The fourth-order valence-corrected chi connectivity index (χ4v) is 2.16. The van der Waals surface area contributed by atoms with Crippen LogP contribution < -0.4 is 4.74 Å². The number of non-ortho nitro benzene ring substituents is 1. The first-order chi connectivity index (χ1) is 11.6. The zero-order chi connectivity index (χ0) is 17.1. The average Bonchev–Trinajstić information content (AvgIpc) is 3.02. The molecule has 8 heteroatoms. The van der Waals surface area contributed by atoms with E-state index in [-0.39, 0.29) is 29.5 Å². The van der Waals surface area contributed by atoms with Crippen molar-refractivity contribution in [1.29, 1.82) is 0 Å². The fraction of sp³-hybridized carbons (Fsp3) is 0.125. The van der Waals surface area contributed by atoms with Gasteiger partial charge in [-0.15, -0.1) is 0 Å². The third-order valence-corrected chi connectivity index (χ3v) is 3.28. The van der Waals surface area contributed by atoms with Gasteiger partial charge in [0.15, 0.2) is 12.2 Å². The van der Waals surface area contributed by atoms with Gasteiger partial charge in [0.25, 0.3) is 5.69 Å². The maximum absolute atomic E-state index is 12.2. The van der Waals surface area contributed by atoms with E-state index in [0.717, 1.165) is 6.07 Å². The highest BCUT2D eigenvalue weighted by atomic mass is 16.6. The summed E-state index contributed by atoms with van der Waals surface area (Å²) in [7, 11) is 1.36. The predicted octanol–water partition coefficient (Wildman–Crippen LogP) is 3.10. The molecule has 0 unspecified atom stereocenters. The maximum atomic E-state index is 12.2. The molecule has 24 heavy (non-hydrogen) atoms. The van der Waals surface area contributed by atoms with Gasteiger partial charge in [-0.25, -0.2) is 9.78 Å². The zero-order valence-electron chi connectivity index (χ0n) is 12.6. The van der Waals surface area contributed by atoms with Crippen molar-refractivity contribution in [1.82, 2.24) is 4.98 Å². The van der Waals surface area contributed by atoms with E-state index in [2.05, 4.69) is 4.98 Å². The summed E-state index contributed by atoms with van der Waals surface area (Å²) in [5.74, 6) is -0.352. The molecule has 3 rings (SSSR count). The summed E-state index contributed by atoms with van der Waals surface area (Å²) in [5, 5.41) is 10.8. The van der Waals surface area contributed by atoms with Crippen molar-refractivity contribution >= 4 is 22.8 Å². The summed E-state index contributed by atoms with van der Waals surface area (Å²) in [6, 6.07) is 10.8. The lowest BCUT2D eigenvalue weighted by molar-refractivity contribution is -0.384. The molecule has 0 saturated heterocycles. The Morgan fingerprint density at radius 2 is 2.08 bits per heavy atom. The molecule has 1 aromatic heterocycles. The number of carbonyl (C=O) groups is 1. The number of fused-ring (bicyclic) bond motifs is 1. The van der Waals surface area contributed by atoms with Crippen LogP contribution in [0.15, 0.2) is 46.9 Å². The van der Waals surface area contributed by atoms with Crippen LogP contribution in [0.2, 0.25) is 0 Å². The maximum Gasteiger partial charge on any atom is 0.342 e. The first-order valence-corrected chi connectivity index (χ1v) is 6.92. The first-order valence-electron chi connectivity index (χ1n) is 6.92. The lowest BCUT2D eigenvalue weighted by Gasteiger charge is -2.07. The van der Waals surface area contributed by atoms with Gasteiger partial charge in [-0.3, -0.25) is 10.1 Å². The normalized spacial score (nSPS) is 10.5. The van der Waals surface area contributed by atoms with Crippen LogP contribution in [0.5, 0.6) is 5.75 Å². The Bertz CT molecular complexity index is 885. The molecule has 0 aliphatic rings. The van der Waals surface area contributed by atoms with E-state index < -0.39 is 10.9 Å². The fourth-order valence-electron chi connectivity index (χ4n) is 2.16. The first kappa shape index (κ1) is 15.5. The van der Waals surface area contributed by atoms with E-state index in [0.29, 0.717) is 11.1 Å². The highest BCUT2D eigenvalue weighted by Crippen LogP contribution is 2.25. The summed E-state index contributed by atoms with van der Waals surface area (Å²) in [5.41, 5.74) is 0.959. The van der Waals surface area contributed by atoms with E-state index in [1.165, 1.54) is 19.2 Å². The highest BCUT2D eigenvalue weighted by Gasteiger charge is 2.19. The quantitative estimate of drug-likeness (QED) is 0.402. The summed E-state index contributed by atoms with van der Waals surface area (Å²) in [6.07, 6.45) is 0. The van der Waals surface area contributed by atoms with Crippen LogP contribution in [0.3, 0.4) is 0 Å². The standard InChI is InChI=1S/C16H12N2O6/c1-22-13-7-6-10(18(20)21)8-11(13)16(19)23-9-15-17-12-4-2-3-5-14(12)24-15/h2-8H,9H2,1H3. The van der Waals surface area contributed by atoms with E-state index in [1.807, 2.05) is 6.07 Å². The summed E-state index contributed by atoms with van der Waals surface area (Å²) < 4.78 is 15.6. The van der Waals surface area contributed by atoms with Crippen LogP contribution in [0.4, 0.5) is 5.69 Å². The lowest BCUT2D eigenvalue weighted by atomic mass is 10.2. The molecule has 0 radical (unpaired) electrons. The Labute approximate surface area is 135 Å². The van der Waals surface area contributed by atoms with Gasteiger partial charge in [0.1, 0.15) is 16.8 Å². The van der Waals surface area contributed by atoms with Crippen molar-refractivity contribution in [3.8, 4) is 5.75 Å². The summed E-state index contributed by atoms with van der Waals surface area (Å²) in [6.45, 7) is -0.195. The second-order valence-electron chi connectivity index (χ2n) is 4.79. The molecular weight excluding hydrogens is 316 g/mol. The minimum absolute atomic E-state index is 0.0391. The molecule has 0 atom stereocenters. The number of nitro benzene ring substituents is 1. The Kier molecular flexibility index (Phi) is 4.11. The van der Waals surface area contributed by atoms with Crippen molar-refractivity contribution in [3.05, 3.63) is 64.0 Å². The van der Waals surface area contributed by atoms with Crippen molar-refractivity contribution in [2.24, 2.45) is 0 Å². The number of nitrogens with zero attached hydrogens (tertiary/aromatic N) is 2. The number of esters is 1. The second-order valence-corrected chi connectivity index (χ2v) is 4.79. The van der Waals surface area contributed by atoms with Crippen LogP contribution >= 0.6 is 0 Å². The Balaban J connectivity index is 1.79. The van der Waals surface area contributed by atoms with Gasteiger partial charge in [0.2, 0.25) is 5.89 Å². The number of carbonyl (C=O) groups excluding carboxylic acids is 1. The third-order valence-electron chi connectivity index (χ3n) is 3.28. The smallest absolute Gasteiger partial charge is 0.342 e. The molecule has 122 valence electrons. The molecule has 2 aromatic carbocycles. The molecule has 8 nitrogen and oxygen atoms in total. The number of aromatic nitrogens is 1. The van der Waals surface area contributed by atoms with Crippen LogP contribution in [-0.2, 0) is 11.3 Å². The largest absolute Gasteiger partial charge is 0.496 e. The molecular formula is C16H12N2O6. The molecule has 0 saturated carbocycles. The molecule has 1 heterocycles. The summed E-state index contributed by atoms with van der Waals surface area (Å²) in [4.78, 5) is 26.6. The van der Waals surface area contributed by atoms with Gasteiger partial charge < -0.3 is 13.9 Å². The highest BCUT2D eigenvalue weighted by molar-refractivity contribution is 5.93. The Morgan fingerprint density at radius 1 is 1.29 bits per heavy atom. The van der Waals surface area contributed by atoms with Crippen LogP contribution in [0, 0.1) is 10.1 Å². The van der Waals surface area contributed by atoms with Crippen molar-refractivity contribution in [3.63, 3.8) is 0 Å². The van der Waals surface area contributed by atoms with Crippen LogP contribution in [0.1, 0.15) is 16.2 Å². The number of oxazole rings is 1. The number of hydrogen-bond donors (Lipinski definition) is 0. The molecule has 0 spiro atoms. The second kappa shape index (κ2) is 6.37. The number of hydrogen-bond acceptors (Lipinski definition) is 7. The van der Waals surface area contributed by atoms with Crippen molar-refractivity contribution < 1.29 is 23.6 Å². The van der Waals surface area contributed by atoms with Crippen LogP contribution in [-0.4, -0.2) is 23.0 Å². The Hall–Kier alpha value is -3.42. The van der Waals surface area contributed by atoms with Crippen LogP contribution in [0.25, 0.3) is 11.1 Å². The predicted molar refractivity (Wildman–Crippen MR) is 82.8 cm³/mol. The third kappa shape index (κ3) is 3.02. The monoisotopic (exact) mass is 328 g/mol. The van der Waals surface area contributed by atoms with Gasteiger partial charge in [0.05, 0.1) is 12.0 Å². The SMILES string of the molecule is COc1ccc([N+](=O)[O-])cc1C(=O)OCc1nc2ccccc2o1. The molecule has 0 fully saturated rings. The average molecular weight is 328 g/mol. The van der Waals surface area contributed by atoms with Gasteiger partial charge in [-0.05, 0) is 18.2 Å². The number of benzene rings is 2. The molecule has 0 aliphatic carbocycles. The number of methoxy groups -OCH3 is 1. The van der Waals surface area contributed by atoms with Gasteiger partial charge >= 0.3 is 5.97 Å². The van der Waals surface area contributed by atoms with Crippen molar-refractivity contribution in [2.45, 2.75) is 6.61 Å². The Morgan fingerprint density at radius 3 is 2.79 bits per heavy atom.